The van der Waals surface area contributed by atoms with Crippen LogP contribution in [0.3, 0.4) is 0 Å². The van der Waals surface area contributed by atoms with Crippen molar-refractivity contribution in [3.63, 3.8) is 0 Å². The lowest BCUT2D eigenvalue weighted by Crippen LogP contribution is -2.12. The Bertz CT molecular complexity index is 1290. The first kappa shape index (κ1) is 22.7. The van der Waals surface area contributed by atoms with Gasteiger partial charge in [-0.25, -0.2) is 0 Å². The van der Waals surface area contributed by atoms with E-state index in [0.717, 1.165) is 33.8 Å². The van der Waals surface area contributed by atoms with Crippen LogP contribution in [0.25, 0.3) is 0 Å². The molecule has 33 heavy (non-hydrogen) atoms. The lowest BCUT2D eigenvalue weighted by molar-refractivity contribution is 0.0992. The van der Waals surface area contributed by atoms with Crippen molar-refractivity contribution < 1.29 is 13.9 Å². The zero-order valence-electron chi connectivity index (χ0n) is 19.1. The van der Waals surface area contributed by atoms with E-state index in [-0.39, 0.29) is 18.3 Å². The van der Waals surface area contributed by atoms with Crippen LogP contribution in [0.5, 0.6) is 5.75 Å². The molecule has 0 unspecified atom stereocenters. The largest absolute Gasteiger partial charge is 0.485 e. The molecule has 4 rings (SSSR count). The number of hydrogen-bond acceptors (Lipinski definition) is 4. The molecule has 170 valence electrons. The third-order valence-corrected chi connectivity index (χ3v) is 5.72. The maximum absolute atomic E-state index is 12.8. The molecule has 0 aliphatic heterocycles. The molecular formula is C26H26ClN3O3. The van der Waals surface area contributed by atoms with Crippen LogP contribution < -0.4 is 10.1 Å². The number of furan rings is 1. The molecule has 0 saturated heterocycles. The number of rotatable bonds is 7. The summed E-state index contributed by atoms with van der Waals surface area (Å²) >= 11 is 5.97. The van der Waals surface area contributed by atoms with Crippen molar-refractivity contribution in [2.75, 3.05) is 5.32 Å². The van der Waals surface area contributed by atoms with Gasteiger partial charge in [0, 0.05) is 5.02 Å². The molecule has 2 heterocycles. The zero-order valence-corrected chi connectivity index (χ0v) is 19.9. The molecule has 0 radical (unpaired) electrons. The maximum Gasteiger partial charge on any atom is 0.291 e. The van der Waals surface area contributed by atoms with E-state index in [4.69, 9.17) is 20.8 Å². The Balaban J connectivity index is 1.42. The van der Waals surface area contributed by atoms with E-state index < -0.39 is 0 Å². The summed E-state index contributed by atoms with van der Waals surface area (Å²) in [6, 6.07) is 17.1. The lowest BCUT2D eigenvalue weighted by atomic mass is 10.1. The van der Waals surface area contributed by atoms with Gasteiger partial charge in [0.15, 0.2) is 5.76 Å². The molecule has 2 aromatic carbocycles. The van der Waals surface area contributed by atoms with Gasteiger partial charge >= 0.3 is 0 Å². The zero-order chi connectivity index (χ0) is 23.5. The van der Waals surface area contributed by atoms with Crippen molar-refractivity contribution in [3.05, 3.63) is 99.2 Å². The first-order valence-electron chi connectivity index (χ1n) is 10.7. The number of benzene rings is 2. The molecule has 0 atom stereocenters. The number of halogens is 1. The van der Waals surface area contributed by atoms with Crippen LogP contribution in [0.15, 0.2) is 59.0 Å². The number of carbonyl (C=O) groups excluding carboxylic acids is 1. The van der Waals surface area contributed by atoms with Crippen molar-refractivity contribution in [2.45, 2.75) is 40.8 Å². The Kier molecular flexibility index (Phi) is 6.56. The van der Waals surface area contributed by atoms with Crippen LogP contribution in [-0.2, 0) is 13.2 Å². The highest BCUT2D eigenvalue weighted by molar-refractivity contribution is 6.30. The summed E-state index contributed by atoms with van der Waals surface area (Å²) in [5.41, 5.74) is 5.52. The lowest BCUT2D eigenvalue weighted by Gasteiger charge is -2.08. The van der Waals surface area contributed by atoms with E-state index >= 15 is 0 Å². The summed E-state index contributed by atoms with van der Waals surface area (Å²) < 4.78 is 13.5. The predicted octanol–water partition coefficient (Wildman–Crippen LogP) is 6.24. The van der Waals surface area contributed by atoms with Crippen molar-refractivity contribution in [1.82, 2.24) is 9.78 Å². The quantitative estimate of drug-likeness (QED) is 0.352. The van der Waals surface area contributed by atoms with Gasteiger partial charge in [-0.15, -0.1) is 0 Å². The van der Waals surface area contributed by atoms with Gasteiger partial charge in [0.2, 0.25) is 0 Å². The predicted molar refractivity (Wildman–Crippen MR) is 129 cm³/mol. The van der Waals surface area contributed by atoms with Gasteiger partial charge in [0.25, 0.3) is 5.91 Å². The summed E-state index contributed by atoms with van der Waals surface area (Å²) in [5.74, 6) is 1.27. The Hall–Kier alpha value is -3.51. The number of aryl methyl sites for hydroxylation is 3. The van der Waals surface area contributed by atoms with E-state index in [1.165, 1.54) is 0 Å². The molecule has 1 amide bonds. The average molecular weight is 464 g/mol. The van der Waals surface area contributed by atoms with Crippen LogP contribution in [0.2, 0.25) is 5.02 Å². The summed E-state index contributed by atoms with van der Waals surface area (Å²) in [7, 11) is 0. The van der Waals surface area contributed by atoms with Gasteiger partial charge < -0.3 is 14.5 Å². The van der Waals surface area contributed by atoms with Gasteiger partial charge in [-0.2, -0.15) is 5.10 Å². The first-order chi connectivity index (χ1) is 15.8. The van der Waals surface area contributed by atoms with Gasteiger partial charge in [-0.1, -0.05) is 35.9 Å². The topological polar surface area (TPSA) is 69.3 Å². The van der Waals surface area contributed by atoms with Gasteiger partial charge in [0.05, 0.1) is 23.6 Å². The Morgan fingerprint density at radius 2 is 1.82 bits per heavy atom. The number of anilines is 1. The number of ether oxygens (including phenoxy) is 1. The SMILES string of the molecule is Cc1ccc(C)c(OCc2ccc(C(=O)Nc3c(C)nn(Cc4ccc(Cl)cc4)c3C)o2)c1. The molecule has 0 aliphatic rings. The fourth-order valence-electron chi connectivity index (χ4n) is 3.56. The molecule has 0 saturated carbocycles. The second-order valence-corrected chi connectivity index (χ2v) is 8.54. The van der Waals surface area contributed by atoms with Crippen molar-refractivity contribution >= 4 is 23.2 Å². The molecule has 0 aliphatic carbocycles. The van der Waals surface area contributed by atoms with E-state index in [1.54, 1.807) is 12.1 Å². The third kappa shape index (κ3) is 5.29. The average Bonchev–Trinajstić information content (AvgIpc) is 3.36. The van der Waals surface area contributed by atoms with E-state index in [2.05, 4.69) is 10.4 Å². The van der Waals surface area contributed by atoms with Crippen LogP contribution in [0.1, 0.15) is 44.4 Å². The highest BCUT2D eigenvalue weighted by Gasteiger charge is 2.18. The van der Waals surface area contributed by atoms with Crippen molar-refractivity contribution in [2.24, 2.45) is 0 Å². The third-order valence-electron chi connectivity index (χ3n) is 5.46. The number of hydrogen-bond donors (Lipinski definition) is 1. The van der Waals surface area contributed by atoms with Crippen LogP contribution in [0.4, 0.5) is 5.69 Å². The Morgan fingerprint density at radius 3 is 2.58 bits per heavy atom. The van der Waals surface area contributed by atoms with Crippen molar-refractivity contribution in [1.29, 1.82) is 0 Å². The van der Waals surface area contributed by atoms with Gasteiger partial charge in [0.1, 0.15) is 18.1 Å². The smallest absolute Gasteiger partial charge is 0.291 e. The molecule has 0 fully saturated rings. The number of nitrogens with one attached hydrogen (secondary N) is 1. The molecule has 6 nitrogen and oxygen atoms in total. The highest BCUT2D eigenvalue weighted by Crippen LogP contribution is 2.24. The minimum absolute atomic E-state index is 0.221. The maximum atomic E-state index is 12.8. The first-order valence-corrected chi connectivity index (χ1v) is 11.1. The summed E-state index contributed by atoms with van der Waals surface area (Å²) in [5, 5.41) is 8.20. The van der Waals surface area contributed by atoms with E-state index in [1.807, 2.05) is 74.8 Å². The minimum Gasteiger partial charge on any atom is -0.485 e. The summed E-state index contributed by atoms with van der Waals surface area (Å²) in [4.78, 5) is 12.8. The second kappa shape index (κ2) is 9.55. The monoisotopic (exact) mass is 463 g/mol. The van der Waals surface area contributed by atoms with Crippen LogP contribution in [0, 0.1) is 27.7 Å². The van der Waals surface area contributed by atoms with Crippen LogP contribution in [-0.4, -0.2) is 15.7 Å². The Labute approximate surface area is 198 Å². The molecule has 1 N–H and O–H groups in total. The molecule has 4 aromatic rings. The highest BCUT2D eigenvalue weighted by atomic mass is 35.5. The minimum atomic E-state index is -0.328. The molecule has 0 bridgehead atoms. The number of nitrogens with zero attached hydrogens (tertiary/aromatic N) is 2. The van der Waals surface area contributed by atoms with E-state index in [0.29, 0.717) is 23.0 Å². The number of amides is 1. The summed E-state index contributed by atoms with van der Waals surface area (Å²) in [6.07, 6.45) is 0. The molecule has 0 spiro atoms. The van der Waals surface area contributed by atoms with Gasteiger partial charge in [-0.3, -0.25) is 9.48 Å². The van der Waals surface area contributed by atoms with Crippen LogP contribution >= 0.6 is 11.6 Å². The standard InChI is InChI=1S/C26H26ClN3O3/c1-16-5-6-17(2)24(13-16)32-15-22-11-12-23(33-22)26(31)28-25-18(3)29-30(19(25)4)14-20-7-9-21(27)10-8-20/h5-13H,14-15H2,1-4H3,(H,28,31). The van der Waals surface area contributed by atoms with Crippen molar-refractivity contribution in [3.8, 4) is 5.75 Å². The molecule has 7 heteroatoms. The molecule has 2 aromatic heterocycles. The molecular weight excluding hydrogens is 438 g/mol. The second-order valence-electron chi connectivity index (χ2n) is 8.11. The fraction of sp³-hybridized carbons (Fsp3) is 0.231. The van der Waals surface area contributed by atoms with E-state index in [9.17, 15) is 4.79 Å². The number of carbonyl (C=O) groups is 1. The summed E-state index contributed by atoms with van der Waals surface area (Å²) in [6.45, 7) is 8.63. The number of aromatic nitrogens is 2. The fourth-order valence-corrected chi connectivity index (χ4v) is 3.68. The normalized spacial score (nSPS) is 10.9. The Morgan fingerprint density at radius 1 is 1.06 bits per heavy atom. The van der Waals surface area contributed by atoms with Gasteiger partial charge in [-0.05, 0) is 74.7 Å².